The summed E-state index contributed by atoms with van der Waals surface area (Å²) in [5.74, 6) is 0.0716. The molecule has 0 spiro atoms. The predicted molar refractivity (Wildman–Crippen MR) is 114 cm³/mol. The number of halogens is 5. The molecule has 5 rings (SSSR count). The van der Waals surface area contributed by atoms with E-state index in [0.717, 1.165) is 50.3 Å². The van der Waals surface area contributed by atoms with Gasteiger partial charge in [-0.05, 0) is 80.9 Å². The molecule has 0 unspecified atom stereocenters. The number of esters is 1. The summed E-state index contributed by atoms with van der Waals surface area (Å²) in [7, 11) is 0. The number of carbonyl (C=O) groups excluding carboxylic acids is 2. The Labute approximate surface area is 192 Å². The van der Waals surface area contributed by atoms with Crippen molar-refractivity contribution in [3.05, 3.63) is 28.8 Å². The first kappa shape index (κ1) is 22.9. The van der Waals surface area contributed by atoms with Gasteiger partial charge in [-0.25, -0.2) is 0 Å². The summed E-state index contributed by atoms with van der Waals surface area (Å²) in [5, 5.41) is 2.31. The number of hydrogen-bond donors (Lipinski definition) is 1. The lowest BCUT2D eigenvalue weighted by atomic mass is 9.49. The molecule has 0 heterocycles. The van der Waals surface area contributed by atoms with Crippen molar-refractivity contribution in [3.8, 4) is 0 Å². The summed E-state index contributed by atoms with van der Waals surface area (Å²) >= 11 is 9.83. The van der Waals surface area contributed by atoms with Gasteiger partial charge < -0.3 is 10.1 Å². The summed E-state index contributed by atoms with van der Waals surface area (Å²) in [4.78, 5) is 25.1. The standard InChI is InChI=1S/C22H24BrClF3NO3/c1-12(19(30)28-17-5-15(22(25,26)27)2-3-16(17)24)31-18(29)10-20-6-13-4-14(7-20)9-21(23,8-13)11-20/h2-3,5,12-14H,4,6-11H2,1H3,(H,28,30)/t12-,13+,14+,20?,21?/m0/s1. The Hall–Kier alpha value is -1.28. The fourth-order valence-electron chi connectivity index (χ4n) is 6.17. The number of carbonyl (C=O) groups is 2. The molecule has 1 aromatic carbocycles. The highest BCUT2D eigenvalue weighted by molar-refractivity contribution is 9.10. The second kappa shape index (κ2) is 7.94. The van der Waals surface area contributed by atoms with Gasteiger partial charge in [0.05, 0.1) is 22.7 Å². The third kappa shape index (κ3) is 4.90. The summed E-state index contributed by atoms with van der Waals surface area (Å²) in [6.45, 7) is 1.40. The van der Waals surface area contributed by atoms with E-state index in [9.17, 15) is 22.8 Å². The molecule has 0 aromatic heterocycles. The van der Waals surface area contributed by atoms with Gasteiger partial charge in [-0.1, -0.05) is 27.5 Å². The smallest absolute Gasteiger partial charge is 0.416 e. The molecule has 4 nitrogen and oxygen atoms in total. The van der Waals surface area contributed by atoms with Gasteiger partial charge in [-0.3, -0.25) is 9.59 Å². The number of anilines is 1. The van der Waals surface area contributed by atoms with Gasteiger partial charge in [-0.2, -0.15) is 13.2 Å². The second-order valence-corrected chi connectivity index (χ2v) is 11.7. The number of amides is 1. The molecule has 0 radical (unpaired) electrons. The zero-order valence-corrected chi connectivity index (χ0v) is 19.4. The van der Waals surface area contributed by atoms with Crippen LogP contribution in [-0.4, -0.2) is 22.3 Å². The highest BCUT2D eigenvalue weighted by Gasteiger charge is 2.57. The van der Waals surface area contributed by atoms with Crippen molar-refractivity contribution in [1.29, 1.82) is 0 Å². The first-order chi connectivity index (χ1) is 14.4. The first-order valence-corrected chi connectivity index (χ1v) is 11.6. The largest absolute Gasteiger partial charge is 0.453 e. The lowest BCUT2D eigenvalue weighted by molar-refractivity contribution is -0.159. The number of hydrogen-bond acceptors (Lipinski definition) is 3. The van der Waals surface area contributed by atoms with E-state index in [1.54, 1.807) is 0 Å². The van der Waals surface area contributed by atoms with Crippen molar-refractivity contribution in [3.63, 3.8) is 0 Å². The van der Waals surface area contributed by atoms with E-state index in [4.69, 9.17) is 16.3 Å². The Balaban J connectivity index is 1.37. The van der Waals surface area contributed by atoms with Crippen molar-refractivity contribution < 1.29 is 27.5 Å². The average Bonchev–Trinajstić information content (AvgIpc) is 2.59. The molecule has 1 aromatic rings. The van der Waals surface area contributed by atoms with E-state index in [1.807, 2.05) is 0 Å². The number of benzene rings is 1. The quantitative estimate of drug-likeness (QED) is 0.362. The van der Waals surface area contributed by atoms with Crippen molar-refractivity contribution in [2.45, 2.75) is 68.5 Å². The van der Waals surface area contributed by atoms with Crippen LogP contribution in [0.15, 0.2) is 18.2 Å². The fourth-order valence-corrected chi connectivity index (χ4v) is 7.85. The summed E-state index contributed by atoms with van der Waals surface area (Å²) in [6, 6.07) is 2.67. The lowest BCUT2D eigenvalue weighted by Gasteiger charge is -2.60. The number of alkyl halides is 4. The molecule has 31 heavy (non-hydrogen) atoms. The maximum Gasteiger partial charge on any atom is 0.416 e. The molecule has 3 atom stereocenters. The van der Waals surface area contributed by atoms with Gasteiger partial charge in [0.1, 0.15) is 0 Å². The Bertz CT molecular complexity index is 892. The maximum absolute atomic E-state index is 12.9. The monoisotopic (exact) mass is 521 g/mol. The number of rotatable bonds is 5. The summed E-state index contributed by atoms with van der Waals surface area (Å²) in [5.41, 5.74) is -1.19. The molecule has 4 bridgehead atoms. The molecule has 4 saturated carbocycles. The van der Waals surface area contributed by atoms with Crippen molar-refractivity contribution in [2.24, 2.45) is 17.3 Å². The van der Waals surface area contributed by atoms with Crippen LogP contribution >= 0.6 is 27.5 Å². The molecular weight excluding hydrogens is 499 g/mol. The van der Waals surface area contributed by atoms with Gasteiger partial charge in [0.25, 0.3) is 5.91 Å². The molecule has 1 amide bonds. The number of ether oxygens (including phenoxy) is 1. The Morgan fingerprint density at radius 2 is 1.90 bits per heavy atom. The minimum Gasteiger partial charge on any atom is -0.453 e. The summed E-state index contributed by atoms with van der Waals surface area (Å²) in [6.07, 6.45) is 1.02. The van der Waals surface area contributed by atoms with Gasteiger partial charge >= 0.3 is 12.1 Å². The Kier molecular flexibility index (Phi) is 5.86. The topological polar surface area (TPSA) is 55.4 Å². The fraction of sp³-hybridized carbons (Fsp3) is 0.636. The predicted octanol–water partition coefficient (Wildman–Crippen LogP) is 6.35. The Morgan fingerprint density at radius 1 is 1.26 bits per heavy atom. The van der Waals surface area contributed by atoms with Crippen LogP contribution in [0.3, 0.4) is 0 Å². The lowest BCUT2D eigenvalue weighted by Crippen LogP contribution is -2.53. The van der Waals surface area contributed by atoms with Crippen LogP contribution in [0.25, 0.3) is 0 Å². The van der Waals surface area contributed by atoms with Crippen LogP contribution in [0, 0.1) is 17.3 Å². The van der Waals surface area contributed by atoms with Gasteiger partial charge in [0.2, 0.25) is 0 Å². The van der Waals surface area contributed by atoms with Crippen LogP contribution in [-0.2, 0) is 20.5 Å². The van der Waals surface area contributed by atoms with E-state index in [-0.39, 0.29) is 26.9 Å². The third-order valence-corrected chi connectivity index (χ3v) is 8.12. The molecule has 4 aliphatic rings. The minimum atomic E-state index is -4.56. The SMILES string of the molecule is C[C@H](OC(=O)CC12C[C@H]3C[C@@H](CC(Br)(C3)C1)C2)C(=O)Nc1cc(C(F)(F)F)ccc1Cl. The van der Waals surface area contributed by atoms with Crippen LogP contribution in [0.2, 0.25) is 5.02 Å². The van der Waals surface area contributed by atoms with Crippen LogP contribution in [0.4, 0.5) is 18.9 Å². The molecule has 9 heteroatoms. The van der Waals surface area contributed by atoms with E-state index < -0.39 is 29.7 Å². The molecular formula is C22H24BrClF3NO3. The van der Waals surface area contributed by atoms with Crippen LogP contribution in [0.1, 0.15) is 57.4 Å². The minimum absolute atomic E-state index is 0.0314. The Morgan fingerprint density at radius 3 is 2.48 bits per heavy atom. The average molecular weight is 523 g/mol. The highest BCUT2D eigenvalue weighted by atomic mass is 79.9. The molecule has 1 N–H and O–H groups in total. The van der Waals surface area contributed by atoms with Crippen molar-refractivity contribution in [1.82, 2.24) is 0 Å². The first-order valence-electron chi connectivity index (χ1n) is 10.4. The van der Waals surface area contributed by atoms with Crippen LogP contribution < -0.4 is 5.32 Å². The zero-order chi connectivity index (χ0) is 22.6. The van der Waals surface area contributed by atoms with Gasteiger partial charge in [-0.15, -0.1) is 0 Å². The maximum atomic E-state index is 12.9. The van der Waals surface area contributed by atoms with E-state index in [1.165, 1.54) is 13.3 Å². The van der Waals surface area contributed by atoms with Gasteiger partial charge in [0, 0.05) is 4.32 Å². The molecule has 4 aliphatic carbocycles. The van der Waals surface area contributed by atoms with Crippen molar-refractivity contribution >= 4 is 45.1 Å². The van der Waals surface area contributed by atoms with Gasteiger partial charge in [0.15, 0.2) is 6.10 Å². The normalized spacial score (nSPS) is 32.6. The molecule has 4 fully saturated rings. The number of nitrogens with one attached hydrogen (secondary N) is 1. The molecule has 170 valence electrons. The van der Waals surface area contributed by atoms with Crippen molar-refractivity contribution in [2.75, 3.05) is 5.32 Å². The van der Waals surface area contributed by atoms with E-state index in [0.29, 0.717) is 11.8 Å². The van der Waals surface area contributed by atoms with E-state index in [2.05, 4.69) is 21.2 Å². The third-order valence-electron chi connectivity index (χ3n) is 6.86. The van der Waals surface area contributed by atoms with E-state index >= 15 is 0 Å². The zero-order valence-electron chi connectivity index (χ0n) is 17.0. The summed E-state index contributed by atoms with van der Waals surface area (Å²) < 4.78 is 44.2. The molecule has 0 saturated heterocycles. The van der Waals surface area contributed by atoms with Crippen LogP contribution in [0.5, 0.6) is 0 Å². The highest BCUT2D eigenvalue weighted by Crippen LogP contribution is 2.65. The molecule has 0 aliphatic heterocycles. The second-order valence-electron chi connectivity index (χ2n) is 9.60.